The highest BCUT2D eigenvalue weighted by Crippen LogP contribution is 2.21. The first kappa shape index (κ1) is 17.1. The molecule has 1 heterocycles. The van der Waals surface area contributed by atoms with Gasteiger partial charge in [-0.15, -0.1) is 36.6 Å². The zero-order chi connectivity index (χ0) is 10.5. The van der Waals surface area contributed by atoms with Crippen LogP contribution in [0.3, 0.4) is 0 Å². The molecule has 0 amide bonds. The number of halogens is 2. The Kier molecular flexibility index (Phi) is 9.10. The summed E-state index contributed by atoms with van der Waals surface area (Å²) in [6, 6.07) is 8.71. The van der Waals surface area contributed by atoms with Crippen molar-refractivity contribution in [3.05, 3.63) is 29.8 Å². The van der Waals surface area contributed by atoms with Crippen molar-refractivity contribution in [2.45, 2.75) is 11.4 Å². The van der Waals surface area contributed by atoms with Crippen molar-refractivity contribution in [3.8, 4) is 0 Å². The molecule has 0 aromatic heterocycles. The second kappa shape index (κ2) is 9.06. The van der Waals surface area contributed by atoms with Crippen LogP contribution in [0.1, 0.15) is 5.56 Å². The largest absolute Gasteiger partial charge is 0.314 e. The molecule has 1 N–H and O–H groups in total. The van der Waals surface area contributed by atoms with Crippen LogP contribution < -0.4 is 5.32 Å². The van der Waals surface area contributed by atoms with Gasteiger partial charge in [0, 0.05) is 37.6 Å². The second-order valence-electron chi connectivity index (χ2n) is 3.84. The number of thioether (sulfide) groups is 1. The minimum absolute atomic E-state index is 0. The zero-order valence-electron chi connectivity index (χ0n) is 10.0. The number of hydrogen-bond donors (Lipinski definition) is 1. The van der Waals surface area contributed by atoms with Gasteiger partial charge in [-0.2, -0.15) is 0 Å². The quantitative estimate of drug-likeness (QED) is 0.863. The third-order valence-corrected chi connectivity index (χ3v) is 3.63. The van der Waals surface area contributed by atoms with E-state index in [-0.39, 0.29) is 24.8 Å². The topological polar surface area (TPSA) is 15.3 Å². The molecule has 2 nitrogen and oxygen atoms in total. The maximum atomic E-state index is 3.38. The van der Waals surface area contributed by atoms with Gasteiger partial charge in [-0.25, -0.2) is 0 Å². The summed E-state index contributed by atoms with van der Waals surface area (Å²) in [5.41, 5.74) is 1.46. The van der Waals surface area contributed by atoms with E-state index in [1.165, 1.54) is 23.5 Å². The van der Waals surface area contributed by atoms with Crippen LogP contribution in [0, 0.1) is 0 Å². The maximum Gasteiger partial charge on any atom is 0.0245 e. The summed E-state index contributed by atoms with van der Waals surface area (Å²) < 4.78 is 0. The van der Waals surface area contributed by atoms with Crippen molar-refractivity contribution < 1.29 is 0 Å². The Bertz CT molecular complexity index is 317. The van der Waals surface area contributed by atoms with Gasteiger partial charge in [0.25, 0.3) is 0 Å². The average molecular weight is 295 g/mol. The highest BCUT2D eigenvalue weighted by Gasteiger charge is 2.11. The Morgan fingerprint density at radius 1 is 1.18 bits per heavy atom. The van der Waals surface area contributed by atoms with E-state index in [1.807, 2.05) is 11.8 Å². The standard InChI is InChI=1S/C12H18N2S.2ClH/c1-15-12-5-3-2-4-11(12)10-14-8-6-13-7-9-14;;/h2-5,13H,6-10H2,1H3;2*1H. The molecule has 1 fully saturated rings. The van der Waals surface area contributed by atoms with Crippen LogP contribution in [0.2, 0.25) is 0 Å². The number of nitrogens with one attached hydrogen (secondary N) is 1. The van der Waals surface area contributed by atoms with Crippen LogP contribution in [-0.2, 0) is 6.54 Å². The van der Waals surface area contributed by atoms with E-state index in [1.54, 1.807) is 0 Å². The predicted molar refractivity (Wildman–Crippen MR) is 80.9 cm³/mol. The molecule has 5 heteroatoms. The lowest BCUT2D eigenvalue weighted by Gasteiger charge is -2.27. The Morgan fingerprint density at radius 2 is 1.82 bits per heavy atom. The summed E-state index contributed by atoms with van der Waals surface area (Å²) in [6.45, 7) is 5.69. The number of piperazine rings is 1. The van der Waals surface area contributed by atoms with Crippen molar-refractivity contribution in [3.63, 3.8) is 0 Å². The predicted octanol–water partition coefficient (Wildman–Crippen LogP) is 2.66. The van der Waals surface area contributed by atoms with Crippen LogP contribution in [-0.4, -0.2) is 37.3 Å². The van der Waals surface area contributed by atoms with E-state index in [0.29, 0.717) is 0 Å². The molecule has 98 valence electrons. The van der Waals surface area contributed by atoms with Crippen LogP contribution in [0.15, 0.2) is 29.2 Å². The first-order chi connectivity index (χ1) is 7.40. The Morgan fingerprint density at radius 3 is 2.47 bits per heavy atom. The minimum Gasteiger partial charge on any atom is -0.314 e. The van der Waals surface area contributed by atoms with E-state index in [9.17, 15) is 0 Å². The number of rotatable bonds is 3. The van der Waals surface area contributed by atoms with Gasteiger partial charge in [-0.3, -0.25) is 4.90 Å². The molecule has 1 saturated heterocycles. The summed E-state index contributed by atoms with van der Waals surface area (Å²) in [7, 11) is 0. The minimum atomic E-state index is 0. The molecule has 1 aromatic rings. The van der Waals surface area contributed by atoms with Gasteiger partial charge in [-0.05, 0) is 17.9 Å². The van der Waals surface area contributed by atoms with Crippen LogP contribution >= 0.6 is 36.6 Å². The van der Waals surface area contributed by atoms with E-state index in [2.05, 4.69) is 40.7 Å². The second-order valence-corrected chi connectivity index (χ2v) is 4.69. The fourth-order valence-corrected chi connectivity index (χ4v) is 2.55. The Labute approximate surface area is 120 Å². The summed E-state index contributed by atoms with van der Waals surface area (Å²) in [5.74, 6) is 0. The molecule has 0 aliphatic carbocycles. The van der Waals surface area contributed by atoms with Crippen molar-refractivity contribution >= 4 is 36.6 Å². The monoisotopic (exact) mass is 294 g/mol. The van der Waals surface area contributed by atoms with Crippen LogP contribution in [0.4, 0.5) is 0 Å². The normalized spacial score (nSPS) is 15.8. The zero-order valence-corrected chi connectivity index (χ0v) is 12.5. The molecule has 0 unspecified atom stereocenters. The number of nitrogens with zero attached hydrogens (tertiary/aromatic N) is 1. The lowest BCUT2D eigenvalue weighted by atomic mass is 10.2. The number of hydrogen-bond acceptors (Lipinski definition) is 3. The van der Waals surface area contributed by atoms with Gasteiger partial charge in [0.05, 0.1) is 0 Å². The fraction of sp³-hybridized carbons (Fsp3) is 0.500. The first-order valence-electron chi connectivity index (χ1n) is 5.45. The van der Waals surface area contributed by atoms with E-state index < -0.39 is 0 Å². The lowest BCUT2D eigenvalue weighted by Crippen LogP contribution is -2.42. The van der Waals surface area contributed by atoms with Crippen molar-refractivity contribution in [1.82, 2.24) is 10.2 Å². The molecule has 17 heavy (non-hydrogen) atoms. The first-order valence-corrected chi connectivity index (χ1v) is 6.67. The highest BCUT2D eigenvalue weighted by molar-refractivity contribution is 7.98. The van der Waals surface area contributed by atoms with Crippen molar-refractivity contribution in [2.75, 3.05) is 32.4 Å². The summed E-state index contributed by atoms with van der Waals surface area (Å²) in [6.07, 6.45) is 2.15. The van der Waals surface area contributed by atoms with Gasteiger partial charge in [0.2, 0.25) is 0 Å². The SMILES string of the molecule is CSc1ccccc1CN1CCNCC1.Cl.Cl. The van der Waals surface area contributed by atoms with Crippen LogP contribution in [0.5, 0.6) is 0 Å². The molecular weight excluding hydrogens is 275 g/mol. The van der Waals surface area contributed by atoms with Gasteiger partial charge in [0.15, 0.2) is 0 Å². The smallest absolute Gasteiger partial charge is 0.0245 e. The lowest BCUT2D eigenvalue weighted by molar-refractivity contribution is 0.232. The Balaban J connectivity index is 0.00000128. The third-order valence-electron chi connectivity index (χ3n) is 2.80. The molecule has 0 spiro atoms. The highest BCUT2D eigenvalue weighted by atomic mass is 35.5. The summed E-state index contributed by atoms with van der Waals surface area (Å²) >= 11 is 1.84. The van der Waals surface area contributed by atoms with Gasteiger partial charge < -0.3 is 5.32 Å². The average Bonchev–Trinajstić information content (AvgIpc) is 2.31. The summed E-state index contributed by atoms with van der Waals surface area (Å²) in [4.78, 5) is 3.93. The van der Waals surface area contributed by atoms with Gasteiger partial charge in [0.1, 0.15) is 0 Å². The van der Waals surface area contributed by atoms with Gasteiger partial charge >= 0.3 is 0 Å². The third kappa shape index (κ3) is 5.06. The molecule has 1 aliphatic heterocycles. The van der Waals surface area contributed by atoms with E-state index >= 15 is 0 Å². The Hall–Kier alpha value is 0.0700. The molecule has 1 aromatic carbocycles. The number of benzene rings is 1. The van der Waals surface area contributed by atoms with Gasteiger partial charge in [-0.1, -0.05) is 18.2 Å². The van der Waals surface area contributed by atoms with Crippen molar-refractivity contribution in [2.24, 2.45) is 0 Å². The molecule has 1 aliphatic rings. The summed E-state index contributed by atoms with van der Waals surface area (Å²) in [5, 5.41) is 3.38. The molecule has 2 rings (SSSR count). The molecular formula is C12H20Cl2N2S. The van der Waals surface area contributed by atoms with E-state index in [0.717, 1.165) is 19.6 Å². The van der Waals surface area contributed by atoms with Crippen LogP contribution in [0.25, 0.3) is 0 Å². The molecule has 0 saturated carbocycles. The molecule has 0 bridgehead atoms. The van der Waals surface area contributed by atoms with E-state index in [4.69, 9.17) is 0 Å². The van der Waals surface area contributed by atoms with Crippen molar-refractivity contribution in [1.29, 1.82) is 0 Å². The molecule has 0 radical (unpaired) electrons. The maximum absolute atomic E-state index is 3.38. The molecule has 0 atom stereocenters. The fourth-order valence-electron chi connectivity index (χ4n) is 1.94.